The van der Waals surface area contributed by atoms with Gasteiger partial charge < -0.3 is 5.32 Å². The minimum Gasteiger partial charge on any atom is -0.348 e. The van der Waals surface area contributed by atoms with Gasteiger partial charge in [0.2, 0.25) is 0 Å². The average molecular weight is 367 g/mol. The molecule has 0 aliphatic rings. The molecule has 0 saturated carbocycles. The van der Waals surface area contributed by atoms with Gasteiger partial charge in [0.25, 0.3) is 11.6 Å². The number of para-hydroxylation sites is 1. The van der Waals surface area contributed by atoms with Crippen LogP contribution in [0, 0.1) is 24.0 Å². The Kier molecular flexibility index (Phi) is 5.09. The van der Waals surface area contributed by atoms with E-state index in [2.05, 4.69) is 10.3 Å². The van der Waals surface area contributed by atoms with Crippen molar-refractivity contribution in [2.24, 2.45) is 0 Å². The predicted molar refractivity (Wildman–Crippen MR) is 101 cm³/mol. The maximum atomic E-state index is 12.4. The van der Waals surface area contributed by atoms with Crippen molar-refractivity contribution in [1.82, 2.24) is 10.3 Å². The number of aryl methyl sites for hydroxylation is 2. The van der Waals surface area contributed by atoms with E-state index in [4.69, 9.17) is 0 Å². The number of nitro benzene ring substituents is 1. The molecular formula is C19H17N3O3S. The molecule has 0 radical (unpaired) electrons. The van der Waals surface area contributed by atoms with Gasteiger partial charge in [0.15, 0.2) is 0 Å². The monoisotopic (exact) mass is 367 g/mol. The maximum absolute atomic E-state index is 12.4. The third-order valence-electron chi connectivity index (χ3n) is 3.99. The Morgan fingerprint density at radius 3 is 2.54 bits per heavy atom. The number of carbonyl (C=O) groups excluding carboxylic acids is 1. The number of aromatic nitrogens is 1. The third kappa shape index (κ3) is 3.78. The number of nitrogens with one attached hydrogen (secondary N) is 1. The van der Waals surface area contributed by atoms with Gasteiger partial charge in [-0.15, -0.1) is 11.3 Å². The van der Waals surface area contributed by atoms with Gasteiger partial charge in [-0.1, -0.05) is 36.4 Å². The highest BCUT2D eigenvalue weighted by atomic mass is 32.1. The van der Waals surface area contributed by atoms with Gasteiger partial charge in [-0.2, -0.15) is 0 Å². The molecule has 0 spiro atoms. The van der Waals surface area contributed by atoms with E-state index < -0.39 is 10.8 Å². The van der Waals surface area contributed by atoms with Gasteiger partial charge >= 0.3 is 0 Å². The number of benzene rings is 2. The molecule has 1 heterocycles. The van der Waals surface area contributed by atoms with Gasteiger partial charge in [0, 0.05) is 23.1 Å². The molecule has 0 bridgehead atoms. The van der Waals surface area contributed by atoms with Crippen LogP contribution in [0.1, 0.15) is 26.5 Å². The number of amides is 1. The number of rotatable bonds is 5. The highest BCUT2D eigenvalue weighted by Crippen LogP contribution is 2.24. The van der Waals surface area contributed by atoms with Crippen molar-refractivity contribution < 1.29 is 9.72 Å². The molecule has 3 aromatic rings. The Balaban J connectivity index is 1.70. The van der Waals surface area contributed by atoms with E-state index in [0.29, 0.717) is 12.1 Å². The lowest BCUT2D eigenvalue weighted by Crippen LogP contribution is -2.23. The predicted octanol–water partition coefficient (Wildman–Crippen LogP) is 4.27. The first kappa shape index (κ1) is 17.8. The number of thiazole rings is 1. The normalized spacial score (nSPS) is 10.5. The van der Waals surface area contributed by atoms with Crippen LogP contribution >= 0.6 is 11.3 Å². The van der Waals surface area contributed by atoms with Crippen LogP contribution in [-0.2, 0) is 6.54 Å². The third-order valence-corrected chi connectivity index (χ3v) is 4.76. The van der Waals surface area contributed by atoms with Crippen molar-refractivity contribution >= 4 is 22.9 Å². The Morgan fingerprint density at radius 2 is 1.92 bits per heavy atom. The summed E-state index contributed by atoms with van der Waals surface area (Å²) in [6, 6.07) is 12.4. The van der Waals surface area contributed by atoms with E-state index in [1.165, 1.54) is 6.07 Å². The lowest BCUT2D eigenvalue weighted by Gasteiger charge is -2.08. The Bertz CT molecular complexity index is 964. The fourth-order valence-electron chi connectivity index (χ4n) is 2.65. The second-order valence-corrected chi connectivity index (χ2v) is 6.92. The fraction of sp³-hybridized carbons (Fsp3) is 0.158. The molecule has 1 N–H and O–H groups in total. The van der Waals surface area contributed by atoms with E-state index in [1.807, 2.05) is 36.6 Å². The largest absolute Gasteiger partial charge is 0.348 e. The molecule has 0 unspecified atom stereocenters. The molecule has 1 amide bonds. The Morgan fingerprint density at radius 1 is 1.19 bits per heavy atom. The molecule has 1 aromatic heterocycles. The van der Waals surface area contributed by atoms with E-state index in [1.54, 1.807) is 30.4 Å². The molecule has 7 heteroatoms. The van der Waals surface area contributed by atoms with Crippen molar-refractivity contribution in [1.29, 1.82) is 0 Å². The SMILES string of the molecule is Cc1nc(-c2ccc(CNC(=O)c3cccc(C)c3[N+](=O)[O-])cc2)cs1. The van der Waals surface area contributed by atoms with Crippen LogP contribution in [0.4, 0.5) is 5.69 Å². The molecule has 6 nitrogen and oxygen atoms in total. The molecule has 0 fully saturated rings. The zero-order valence-electron chi connectivity index (χ0n) is 14.4. The van der Waals surface area contributed by atoms with Crippen molar-refractivity contribution in [3.05, 3.63) is 79.7 Å². The minimum atomic E-state index is -0.519. The Hall–Kier alpha value is -3.06. The second kappa shape index (κ2) is 7.45. The summed E-state index contributed by atoms with van der Waals surface area (Å²) in [7, 11) is 0. The van der Waals surface area contributed by atoms with Crippen molar-refractivity contribution in [3.63, 3.8) is 0 Å². The molecule has 0 atom stereocenters. The van der Waals surface area contributed by atoms with E-state index >= 15 is 0 Å². The number of nitrogens with zero attached hydrogens (tertiary/aromatic N) is 2. The Labute approximate surface area is 154 Å². The van der Waals surface area contributed by atoms with Crippen LogP contribution in [0.15, 0.2) is 47.8 Å². The molecule has 0 aliphatic carbocycles. The smallest absolute Gasteiger partial charge is 0.285 e. The molecule has 0 aliphatic heterocycles. The van der Waals surface area contributed by atoms with Crippen LogP contribution in [0.2, 0.25) is 0 Å². The van der Waals surface area contributed by atoms with Gasteiger partial charge in [-0.3, -0.25) is 14.9 Å². The summed E-state index contributed by atoms with van der Waals surface area (Å²) < 4.78 is 0. The summed E-state index contributed by atoms with van der Waals surface area (Å²) in [5.41, 5.74) is 3.23. The summed E-state index contributed by atoms with van der Waals surface area (Å²) in [5.74, 6) is -0.459. The number of carbonyl (C=O) groups is 1. The lowest BCUT2D eigenvalue weighted by atomic mass is 10.1. The first-order chi connectivity index (χ1) is 12.5. The zero-order valence-corrected chi connectivity index (χ0v) is 15.2. The standard InChI is InChI=1S/C19H17N3O3S/c1-12-4-3-5-16(18(12)22(24)25)19(23)20-10-14-6-8-15(9-7-14)17-11-26-13(2)21-17/h3-9,11H,10H2,1-2H3,(H,20,23). The second-order valence-electron chi connectivity index (χ2n) is 5.86. The summed E-state index contributed by atoms with van der Waals surface area (Å²) >= 11 is 1.60. The zero-order chi connectivity index (χ0) is 18.7. The van der Waals surface area contributed by atoms with Crippen molar-refractivity contribution in [3.8, 4) is 11.3 Å². The van der Waals surface area contributed by atoms with Gasteiger partial charge in [-0.25, -0.2) is 4.98 Å². The minimum absolute atomic E-state index is 0.0737. The molecule has 0 saturated heterocycles. The van der Waals surface area contributed by atoms with Crippen LogP contribution in [-0.4, -0.2) is 15.8 Å². The highest BCUT2D eigenvalue weighted by molar-refractivity contribution is 7.09. The summed E-state index contributed by atoms with van der Waals surface area (Å²) in [4.78, 5) is 27.5. The van der Waals surface area contributed by atoms with Gasteiger partial charge in [0.05, 0.1) is 15.6 Å². The van der Waals surface area contributed by atoms with Crippen LogP contribution < -0.4 is 5.32 Å². The van der Waals surface area contributed by atoms with Crippen molar-refractivity contribution in [2.75, 3.05) is 0 Å². The molecule has 2 aromatic carbocycles. The van der Waals surface area contributed by atoms with E-state index in [9.17, 15) is 14.9 Å². The van der Waals surface area contributed by atoms with E-state index in [0.717, 1.165) is 21.8 Å². The highest BCUT2D eigenvalue weighted by Gasteiger charge is 2.22. The van der Waals surface area contributed by atoms with E-state index in [-0.39, 0.29) is 11.3 Å². The lowest BCUT2D eigenvalue weighted by molar-refractivity contribution is -0.385. The molecule has 26 heavy (non-hydrogen) atoms. The maximum Gasteiger partial charge on any atom is 0.285 e. The van der Waals surface area contributed by atoms with Gasteiger partial charge in [0.1, 0.15) is 5.56 Å². The van der Waals surface area contributed by atoms with Crippen LogP contribution in [0.25, 0.3) is 11.3 Å². The quantitative estimate of drug-likeness (QED) is 0.539. The first-order valence-electron chi connectivity index (χ1n) is 7.99. The topological polar surface area (TPSA) is 85.1 Å². The summed E-state index contributed by atoms with van der Waals surface area (Å²) in [6.07, 6.45) is 0. The fourth-order valence-corrected chi connectivity index (χ4v) is 3.27. The van der Waals surface area contributed by atoms with Crippen LogP contribution in [0.5, 0.6) is 0 Å². The summed E-state index contributed by atoms with van der Waals surface area (Å²) in [5, 5.41) is 17.0. The first-order valence-corrected chi connectivity index (χ1v) is 8.87. The van der Waals surface area contributed by atoms with Gasteiger partial charge in [-0.05, 0) is 25.5 Å². The molecule has 132 valence electrons. The molecule has 3 rings (SSSR count). The number of hydrogen-bond donors (Lipinski definition) is 1. The summed E-state index contributed by atoms with van der Waals surface area (Å²) in [6.45, 7) is 3.87. The van der Waals surface area contributed by atoms with Crippen LogP contribution in [0.3, 0.4) is 0 Å². The average Bonchev–Trinajstić information content (AvgIpc) is 3.06. The number of nitro groups is 1. The number of hydrogen-bond acceptors (Lipinski definition) is 5. The van der Waals surface area contributed by atoms with Crippen molar-refractivity contribution in [2.45, 2.75) is 20.4 Å². The molecular weight excluding hydrogens is 350 g/mol.